The average molecular weight is 364 g/mol. The molecule has 1 saturated heterocycles. The lowest BCUT2D eigenvalue weighted by atomic mass is 10.1. The number of amides is 1. The molecule has 1 aromatic heterocycles. The SMILES string of the molecule is O=C(O)/C=C/c1cnc(N[C@@H]2CCN(C(=O)C3CCCC3)C2)c(Cl)c1. The lowest BCUT2D eigenvalue weighted by Gasteiger charge is -2.21. The number of hydrogen-bond donors (Lipinski definition) is 2. The molecule has 1 amide bonds. The van der Waals surface area contributed by atoms with E-state index < -0.39 is 5.97 Å². The van der Waals surface area contributed by atoms with E-state index in [2.05, 4.69) is 10.3 Å². The van der Waals surface area contributed by atoms with Gasteiger partial charge in [0.25, 0.3) is 0 Å². The summed E-state index contributed by atoms with van der Waals surface area (Å²) >= 11 is 6.24. The summed E-state index contributed by atoms with van der Waals surface area (Å²) in [5, 5.41) is 12.4. The lowest BCUT2D eigenvalue weighted by Crippen LogP contribution is -2.35. The predicted molar refractivity (Wildman–Crippen MR) is 96.5 cm³/mol. The molecule has 2 heterocycles. The Morgan fingerprint density at radius 1 is 1.32 bits per heavy atom. The van der Waals surface area contributed by atoms with E-state index in [9.17, 15) is 9.59 Å². The number of aromatic nitrogens is 1. The van der Waals surface area contributed by atoms with Gasteiger partial charge in [-0.2, -0.15) is 0 Å². The van der Waals surface area contributed by atoms with Crippen LogP contribution in [0.5, 0.6) is 0 Å². The number of nitrogens with one attached hydrogen (secondary N) is 1. The highest BCUT2D eigenvalue weighted by atomic mass is 35.5. The topological polar surface area (TPSA) is 82.5 Å². The van der Waals surface area contributed by atoms with Crippen LogP contribution in [0.2, 0.25) is 5.02 Å². The van der Waals surface area contributed by atoms with Crippen LogP contribution in [0.15, 0.2) is 18.3 Å². The molecule has 1 aromatic rings. The summed E-state index contributed by atoms with van der Waals surface area (Å²) in [6.45, 7) is 1.44. The molecule has 0 bridgehead atoms. The number of pyridine rings is 1. The van der Waals surface area contributed by atoms with Crippen molar-refractivity contribution >= 4 is 35.4 Å². The molecule has 3 rings (SSSR count). The predicted octanol–water partition coefficient (Wildman–Crippen LogP) is 3.04. The van der Waals surface area contributed by atoms with Gasteiger partial charge in [-0.3, -0.25) is 4.79 Å². The Hall–Kier alpha value is -2.08. The van der Waals surface area contributed by atoms with Gasteiger partial charge in [0.15, 0.2) is 0 Å². The van der Waals surface area contributed by atoms with Gasteiger partial charge in [-0.05, 0) is 37.0 Å². The molecule has 25 heavy (non-hydrogen) atoms. The zero-order chi connectivity index (χ0) is 17.8. The largest absolute Gasteiger partial charge is 0.478 e. The molecule has 1 aliphatic carbocycles. The fraction of sp³-hybridized carbons (Fsp3) is 0.500. The van der Waals surface area contributed by atoms with Crippen molar-refractivity contribution in [2.75, 3.05) is 18.4 Å². The van der Waals surface area contributed by atoms with E-state index >= 15 is 0 Å². The van der Waals surface area contributed by atoms with Crippen molar-refractivity contribution in [1.29, 1.82) is 0 Å². The molecule has 2 N–H and O–H groups in total. The van der Waals surface area contributed by atoms with Crippen LogP contribution in [0.4, 0.5) is 5.82 Å². The molecular weight excluding hydrogens is 342 g/mol. The average Bonchev–Trinajstić information content (AvgIpc) is 3.26. The Labute approximate surface area is 151 Å². The monoisotopic (exact) mass is 363 g/mol. The number of nitrogens with zero attached hydrogens (tertiary/aromatic N) is 2. The number of halogens is 1. The van der Waals surface area contributed by atoms with Gasteiger partial charge < -0.3 is 15.3 Å². The van der Waals surface area contributed by atoms with Gasteiger partial charge in [0, 0.05) is 37.3 Å². The van der Waals surface area contributed by atoms with Crippen LogP contribution in [-0.2, 0) is 9.59 Å². The highest BCUT2D eigenvalue weighted by molar-refractivity contribution is 6.33. The third kappa shape index (κ3) is 4.51. The highest BCUT2D eigenvalue weighted by Gasteiger charge is 2.32. The zero-order valence-electron chi connectivity index (χ0n) is 13.9. The third-order valence-corrected chi connectivity index (χ3v) is 5.11. The van der Waals surface area contributed by atoms with Gasteiger partial charge in [0.2, 0.25) is 5.91 Å². The molecule has 1 saturated carbocycles. The van der Waals surface area contributed by atoms with E-state index in [4.69, 9.17) is 16.7 Å². The number of carboxylic acid groups (broad SMARTS) is 1. The first-order valence-electron chi connectivity index (χ1n) is 8.65. The lowest BCUT2D eigenvalue weighted by molar-refractivity contribution is -0.134. The molecule has 2 fully saturated rings. The van der Waals surface area contributed by atoms with E-state index in [1.165, 1.54) is 6.08 Å². The smallest absolute Gasteiger partial charge is 0.328 e. The van der Waals surface area contributed by atoms with Crippen molar-refractivity contribution in [3.63, 3.8) is 0 Å². The first-order valence-corrected chi connectivity index (χ1v) is 9.02. The van der Waals surface area contributed by atoms with Crippen molar-refractivity contribution in [2.45, 2.75) is 38.1 Å². The minimum absolute atomic E-state index is 0.135. The van der Waals surface area contributed by atoms with Crippen LogP contribution in [0, 0.1) is 5.92 Å². The minimum Gasteiger partial charge on any atom is -0.478 e. The van der Waals surface area contributed by atoms with Gasteiger partial charge in [-0.1, -0.05) is 24.4 Å². The normalized spacial score (nSPS) is 21.2. The number of carbonyl (C=O) groups excluding carboxylic acids is 1. The summed E-state index contributed by atoms with van der Waals surface area (Å²) in [5.41, 5.74) is 0.627. The Morgan fingerprint density at radius 3 is 2.76 bits per heavy atom. The Bertz CT molecular complexity index is 686. The molecule has 0 spiro atoms. The fourth-order valence-corrected chi connectivity index (χ4v) is 3.75. The number of aliphatic carboxylic acids is 1. The van der Waals surface area contributed by atoms with E-state index in [1.54, 1.807) is 12.3 Å². The van der Waals surface area contributed by atoms with Gasteiger partial charge in [0.05, 0.1) is 5.02 Å². The molecule has 1 aliphatic heterocycles. The van der Waals surface area contributed by atoms with E-state index in [0.717, 1.165) is 44.7 Å². The van der Waals surface area contributed by atoms with Gasteiger partial charge >= 0.3 is 5.97 Å². The molecule has 1 atom stereocenters. The first kappa shape index (κ1) is 17.7. The van der Waals surface area contributed by atoms with Crippen molar-refractivity contribution in [2.24, 2.45) is 5.92 Å². The van der Waals surface area contributed by atoms with Crippen LogP contribution in [-0.4, -0.2) is 46.0 Å². The fourth-order valence-electron chi connectivity index (χ4n) is 3.52. The number of rotatable bonds is 5. The highest BCUT2D eigenvalue weighted by Crippen LogP contribution is 2.29. The molecule has 2 aliphatic rings. The summed E-state index contributed by atoms with van der Waals surface area (Å²) in [6.07, 6.45) is 9.30. The maximum absolute atomic E-state index is 12.5. The molecule has 6 nitrogen and oxygen atoms in total. The van der Waals surface area contributed by atoms with E-state index in [0.29, 0.717) is 22.9 Å². The van der Waals surface area contributed by atoms with Crippen LogP contribution in [0.1, 0.15) is 37.7 Å². The van der Waals surface area contributed by atoms with Crippen molar-refractivity contribution in [3.8, 4) is 0 Å². The standard InChI is InChI=1S/C18H22ClN3O3/c19-15-9-12(5-6-16(23)24)10-20-17(15)21-14-7-8-22(11-14)18(25)13-3-1-2-4-13/h5-6,9-10,13-14H,1-4,7-8,11H2,(H,20,21)(H,23,24)/b6-5+/t14-/m1/s1. The van der Waals surface area contributed by atoms with Gasteiger partial charge in [-0.15, -0.1) is 0 Å². The van der Waals surface area contributed by atoms with Crippen molar-refractivity contribution < 1.29 is 14.7 Å². The Kier molecular flexibility index (Phi) is 5.58. The molecule has 0 aromatic carbocycles. The summed E-state index contributed by atoms with van der Waals surface area (Å²) in [6, 6.07) is 1.81. The van der Waals surface area contributed by atoms with Crippen LogP contribution >= 0.6 is 11.6 Å². The van der Waals surface area contributed by atoms with Crippen LogP contribution < -0.4 is 5.32 Å². The second-order valence-electron chi connectivity index (χ2n) is 6.67. The minimum atomic E-state index is -1.02. The second-order valence-corrected chi connectivity index (χ2v) is 7.07. The number of hydrogen-bond acceptors (Lipinski definition) is 4. The summed E-state index contributed by atoms with van der Waals surface area (Å²) in [4.78, 5) is 29.3. The van der Waals surface area contributed by atoms with Gasteiger partial charge in [-0.25, -0.2) is 9.78 Å². The maximum atomic E-state index is 12.5. The van der Waals surface area contributed by atoms with Gasteiger partial charge in [0.1, 0.15) is 5.82 Å². The zero-order valence-corrected chi connectivity index (χ0v) is 14.7. The number of anilines is 1. The maximum Gasteiger partial charge on any atom is 0.328 e. The van der Waals surface area contributed by atoms with Crippen LogP contribution in [0.25, 0.3) is 6.08 Å². The van der Waals surface area contributed by atoms with Crippen molar-refractivity contribution in [1.82, 2.24) is 9.88 Å². The second kappa shape index (κ2) is 7.87. The van der Waals surface area contributed by atoms with Crippen molar-refractivity contribution in [3.05, 3.63) is 28.9 Å². The Balaban J connectivity index is 1.57. The number of likely N-dealkylation sites (tertiary alicyclic amines) is 1. The number of carboxylic acids is 1. The Morgan fingerprint density at radius 2 is 2.08 bits per heavy atom. The molecule has 0 unspecified atom stereocenters. The summed E-state index contributed by atoms with van der Waals surface area (Å²) < 4.78 is 0. The summed E-state index contributed by atoms with van der Waals surface area (Å²) in [7, 11) is 0. The summed E-state index contributed by atoms with van der Waals surface area (Å²) in [5.74, 6) is 0.0430. The quantitative estimate of drug-likeness (QED) is 0.786. The molecule has 7 heteroatoms. The van der Waals surface area contributed by atoms with E-state index in [-0.39, 0.29) is 17.9 Å². The molecule has 0 radical (unpaired) electrons. The number of carbonyl (C=O) groups is 2. The van der Waals surface area contributed by atoms with Crippen LogP contribution in [0.3, 0.4) is 0 Å². The third-order valence-electron chi connectivity index (χ3n) is 4.83. The molecule has 134 valence electrons. The molecular formula is C18H22ClN3O3. The van der Waals surface area contributed by atoms with E-state index in [1.807, 2.05) is 4.90 Å². The first-order chi connectivity index (χ1) is 12.0.